The molecule has 1 aliphatic heterocycles. The number of rotatable bonds is 6. The Morgan fingerprint density at radius 3 is 2.72 bits per heavy atom. The molecular formula is C20H20N4O4S. The molecule has 150 valence electrons. The van der Waals surface area contributed by atoms with Gasteiger partial charge in [-0.05, 0) is 55.2 Å². The summed E-state index contributed by atoms with van der Waals surface area (Å²) in [5, 5.41) is 7.10. The molecule has 0 bridgehead atoms. The first-order valence-corrected chi connectivity index (χ1v) is 9.42. The van der Waals surface area contributed by atoms with E-state index in [-0.39, 0.29) is 12.7 Å². The second-order valence-electron chi connectivity index (χ2n) is 6.67. The Bertz CT molecular complexity index is 1090. The maximum atomic E-state index is 11.6. The summed E-state index contributed by atoms with van der Waals surface area (Å²) in [6, 6.07) is 13.0. The number of carbonyl (C=O) groups is 1. The number of benzene rings is 2. The summed E-state index contributed by atoms with van der Waals surface area (Å²) < 4.78 is 18.0. The molecule has 0 saturated carbocycles. The first-order chi connectivity index (χ1) is 14.0. The van der Waals surface area contributed by atoms with Crippen LogP contribution in [0.2, 0.25) is 0 Å². The van der Waals surface area contributed by atoms with Crippen molar-refractivity contribution in [3.8, 4) is 23.0 Å². The number of carbonyl (C=O) groups excluding carboxylic acids is 1. The number of hydrogen-bond acceptors (Lipinski definition) is 7. The lowest BCUT2D eigenvalue weighted by atomic mass is 10.1. The van der Waals surface area contributed by atoms with E-state index in [0.717, 1.165) is 11.1 Å². The molecule has 0 spiro atoms. The first kappa shape index (κ1) is 19.2. The minimum absolute atomic E-state index is 0.102. The van der Waals surface area contributed by atoms with E-state index in [2.05, 4.69) is 15.3 Å². The van der Waals surface area contributed by atoms with Crippen molar-refractivity contribution in [3.05, 3.63) is 58.4 Å². The van der Waals surface area contributed by atoms with Crippen LogP contribution in [0.3, 0.4) is 0 Å². The summed E-state index contributed by atoms with van der Waals surface area (Å²) in [5.41, 5.74) is 2.48. The summed E-state index contributed by atoms with van der Waals surface area (Å²) in [6.45, 7) is 1.34. The van der Waals surface area contributed by atoms with Gasteiger partial charge in [-0.2, -0.15) is 0 Å². The molecule has 0 radical (unpaired) electrons. The molecule has 2 aromatic carbocycles. The molecule has 9 heteroatoms. The Labute approximate surface area is 172 Å². The minimum Gasteiger partial charge on any atom is -0.454 e. The van der Waals surface area contributed by atoms with Crippen molar-refractivity contribution in [2.75, 3.05) is 20.9 Å². The average Bonchev–Trinajstić information content (AvgIpc) is 3.34. The van der Waals surface area contributed by atoms with E-state index in [4.69, 9.17) is 26.1 Å². The van der Waals surface area contributed by atoms with Gasteiger partial charge in [0.25, 0.3) is 10.7 Å². The Kier molecular flexibility index (Phi) is 5.32. The van der Waals surface area contributed by atoms with Crippen LogP contribution in [-0.2, 0) is 13.2 Å². The van der Waals surface area contributed by atoms with Crippen molar-refractivity contribution in [2.24, 2.45) is 0 Å². The molecule has 0 aliphatic carbocycles. The van der Waals surface area contributed by atoms with Gasteiger partial charge in [-0.3, -0.25) is 9.69 Å². The summed E-state index contributed by atoms with van der Waals surface area (Å²) in [4.78, 5) is 14.0. The normalized spacial score (nSPS) is 12.4. The number of aromatic nitrogens is 2. The molecule has 8 nitrogen and oxygen atoms in total. The van der Waals surface area contributed by atoms with Crippen molar-refractivity contribution >= 4 is 18.1 Å². The highest BCUT2D eigenvalue weighted by molar-refractivity contribution is 7.71. The highest BCUT2D eigenvalue weighted by atomic mass is 32.1. The van der Waals surface area contributed by atoms with Crippen LogP contribution >= 0.6 is 12.2 Å². The Hall–Kier alpha value is -3.17. The number of nitrogens with zero attached hydrogens (tertiary/aromatic N) is 3. The van der Waals surface area contributed by atoms with Gasteiger partial charge < -0.3 is 19.2 Å². The van der Waals surface area contributed by atoms with E-state index < -0.39 is 0 Å². The lowest BCUT2D eigenvalue weighted by molar-refractivity contribution is 0.0963. The molecule has 0 saturated heterocycles. The topological polar surface area (TPSA) is 81.8 Å². The Morgan fingerprint density at radius 1 is 1.21 bits per heavy atom. The Morgan fingerprint density at radius 2 is 1.97 bits per heavy atom. The van der Waals surface area contributed by atoms with Crippen LogP contribution in [0, 0.1) is 4.84 Å². The largest absolute Gasteiger partial charge is 0.454 e. The van der Waals surface area contributed by atoms with Crippen molar-refractivity contribution < 1.29 is 18.7 Å². The third-order valence-corrected chi connectivity index (χ3v) is 4.79. The van der Waals surface area contributed by atoms with Crippen LogP contribution in [0.4, 0.5) is 0 Å². The zero-order chi connectivity index (χ0) is 20.4. The fourth-order valence-corrected chi connectivity index (χ4v) is 3.22. The van der Waals surface area contributed by atoms with E-state index in [0.29, 0.717) is 41.0 Å². The molecular weight excluding hydrogens is 392 g/mol. The van der Waals surface area contributed by atoms with Gasteiger partial charge in [0.2, 0.25) is 12.7 Å². The molecule has 1 N–H and O–H groups in total. The molecule has 0 atom stereocenters. The van der Waals surface area contributed by atoms with Crippen molar-refractivity contribution in [3.63, 3.8) is 0 Å². The zero-order valence-electron chi connectivity index (χ0n) is 16.0. The van der Waals surface area contributed by atoms with E-state index in [9.17, 15) is 4.79 Å². The van der Waals surface area contributed by atoms with E-state index in [1.54, 1.807) is 11.7 Å². The number of nitrogens with one attached hydrogen (secondary N) is 1. The van der Waals surface area contributed by atoms with E-state index in [1.807, 2.05) is 49.5 Å². The van der Waals surface area contributed by atoms with Gasteiger partial charge in [-0.1, -0.05) is 12.1 Å². The fraction of sp³-hybridized carbons (Fsp3) is 0.250. The number of hydrogen-bond donors (Lipinski definition) is 1. The average molecular weight is 412 g/mol. The van der Waals surface area contributed by atoms with Crippen LogP contribution in [-0.4, -0.2) is 41.5 Å². The van der Waals surface area contributed by atoms with Gasteiger partial charge in [0.1, 0.15) is 0 Å². The SMILES string of the molecule is CNC(=O)c1ccc(CN(C)Cn2nc(-c3ccc4c(c3)OCO4)oc2=S)cc1. The molecule has 2 heterocycles. The molecule has 29 heavy (non-hydrogen) atoms. The Balaban J connectivity index is 1.44. The second kappa shape index (κ2) is 8.06. The highest BCUT2D eigenvalue weighted by Crippen LogP contribution is 2.35. The van der Waals surface area contributed by atoms with Gasteiger partial charge in [0.05, 0.1) is 6.67 Å². The molecule has 4 rings (SSSR count). The summed E-state index contributed by atoms with van der Waals surface area (Å²) in [6.07, 6.45) is 0. The predicted molar refractivity (Wildman–Crippen MR) is 108 cm³/mol. The quantitative estimate of drug-likeness (QED) is 0.623. The summed E-state index contributed by atoms with van der Waals surface area (Å²) in [5.74, 6) is 1.69. The van der Waals surface area contributed by atoms with Crippen LogP contribution in [0.25, 0.3) is 11.5 Å². The van der Waals surface area contributed by atoms with Gasteiger partial charge in [-0.15, -0.1) is 5.10 Å². The van der Waals surface area contributed by atoms with Crippen LogP contribution in [0.15, 0.2) is 46.9 Å². The standard InChI is InChI=1S/C20H20N4O4S/c1-21-18(25)14-5-3-13(4-6-14)10-23(2)11-24-20(29)28-19(22-24)15-7-8-16-17(9-15)27-12-26-16/h3-9H,10-12H2,1-2H3,(H,21,25). The van der Waals surface area contributed by atoms with Gasteiger partial charge in [0.15, 0.2) is 11.5 Å². The third-order valence-electron chi connectivity index (χ3n) is 4.50. The lowest BCUT2D eigenvalue weighted by Gasteiger charge is -2.16. The van der Waals surface area contributed by atoms with E-state index in [1.165, 1.54) is 0 Å². The number of fused-ring (bicyclic) bond motifs is 1. The minimum atomic E-state index is -0.102. The monoisotopic (exact) mass is 412 g/mol. The van der Waals surface area contributed by atoms with Crippen LogP contribution in [0.5, 0.6) is 11.5 Å². The maximum Gasteiger partial charge on any atom is 0.288 e. The molecule has 0 unspecified atom stereocenters. The second-order valence-corrected chi connectivity index (χ2v) is 7.02. The van der Waals surface area contributed by atoms with Crippen molar-refractivity contribution in [1.82, 2.24) is 20.0 Å². The van der Waals surface area contributed by atoms with Gasteiger partial charge in [0, 0.05) is 24.7 Å². The van der Waals surface area contributed by atoms with Gasteiger partial charge in [-0.25, -0.2) is 4.68 Å². The maximum absolute atomic E-state index is 11.6. The predicted octanol–water partition coefficient (Wildman–Crippen LogP) is 3.05. The van der Waals surface area contributed by atoms with Gasteiger partial charge >= 0.3 is 0 Å². The van der Waals surface area contributed by atoms with Crippen molar-refractivity contribution in [2.45, 2.75) is 13.2 Å². The third kappa shape index (κ3) is 4.15. The fourth-order valence-electron chi connectivity index (χ4n) is 3.04. The smallest absolute Gasteiger partial charge is 0.288 e. The molecule has 1 amide bonds. The van der Waals surface area contributed by atoms with Crippen molar-refractivity contribution in [1.29, 1.82) is 0 Å². The number of ether oxygens (including phenoxy) is 2. The summed E-state index contributed by atoms with van der Waals surface area (Å²) in [7, 11) is 3.58. The molecule has 1 aromatic heterocycles. The molecule has 3 aromatic rings. The molecule has 1 aliphatic rings. The van der Waals surface area contributed by atoms with E-state index >= 15 is 0 Å². The first-order valence-electron chi connectivity index (χ1n) is 9.01. The molecule has 0 fully saturated rings. The zero-order valence-corrected chi connectivity index (χ0v) is 16.9. The summed E-state index contributed by atoms with van der Waals surface area (Å²) >= 11 is 5.32. The highest BCUT2D eigenvalue weighted by Gasteiger charge is 2.17. The van der Waals surface area contributed by atoms with Crippen LogP contribution < -0.4 is 14.8 Å². The van der Waals surface area contributed by atoms with Crippen LogP contribution in [0.1, 0.15) is 15.9 Å². The lowest BCUT2D eigenvalue weighted by Crippen LogP contribution is -2.22. The number of amides is 1.